The molecule has 5 rings (SSSR count). The van der Waals surface area contributed by atoms with Crippen molar-refractivity contribution in [3.63, 3.8) is 0 Å². The number of nitrogens with zero attached hydrogens (tertiary/aromatic N) is 1. The number of fused-ring (bicyclic) bond motifs is 2. The van der Waals surface area contributed by atoms with Gasteiger partial charge in [-0.2, -0.15) is 0 Å². The Kier molecular flexibility index (Phi) is 3.91. The predicted octanol–water partition coefficient (Wildman–Crippen LogP) is 5.84. The van der Waals surface area contributed by atoms with Gasteiger partial charge in [-0.05, 0) is 36.4 Å². The fourth-order valence-corrected chi connectivity index (χ4v) is 4.16. The van der Waals surface area contributed by atoms with Crippen LogP contribution in [0.25, 0.3) is 32.5 Å². The maximum atomic E-state index is 14.7. The van der Waals surface area contributed by atoms with Gasteiger partial charge in [0.2, 0.25) is 0 Å². The van der Waals surface area contributed by atoms with E-state index in [4.69, 9.17) is 0 Å². The average Bonchev–Trinajstić information content (AvgIpc) is 3.32. The summed E-state index contributed by atoms with van der Waals surface area (Å²) >= 11 is 1.51. The molecule has 0 aliphatic heterocycles. The number of aromatic amines is 1. The molecule has 1 amide bonds. The Morgan fingerprint density at radius 1 is 1.04 bits per heavy atom. The highest BCUT2D eigenvalue weighted by Gasteiger charge is 2.15. The van der Waals surface area contributed by atoms with Gasteiger partial charge in [-0.1, -0.05) is 30.3 Å². The van der Waals surface area contributed by atoms with Crippen LogP contribution in [0.15, 0.2) is 72.1 Å². The van der Waals surface area contributed by atoms with E-state index in [0.29, 0.717) is 22.6 Å². The second-order valence-corrected chi connectivity index (χ2v) is 7.31. The van der Waals surface area contributed by atoms with E-state index in [0.717, 1.165) is 21.1 Å². The Bertz CT molecular complexity index is 1310. The lowest BCUT2D eigenvalue weighted by molar-refractivity contribution is 0.102. The first kappa shape index (κ1) is 16.6. The summed E-state index contributed by atoms with van der Waals surface area (Å²) < 4.78 is 15.7. The number of para-hydroxylation sites is 2. The van der Waals surface area contributed by atoms with Crippen molar-refractivity contribution in [3.05, 3.63) is 83.5 Å². The van der Waals surface area contributed by atoms with Crippen molar-refractivity contribution in [2.24, 2.45) is 0 Å². The zero-order valence-electron chi connectivity index (χ0n) is 14.6. The summed E-state index contributed by atoms with van der Waals surface area (Å²) in [5.41, 5.74) is 2.97. The Morgan fingerprint density at radius 3 is 2.71 bits per heavy atom. The third-order valence-corrected chi connectivity index (χ3v) is 5.56. The van der Waals surface area contributed by atoms with Crippen LogP contribution >= 0.6 is 11.3 Å². The van der Waals surface area contributed by atoms with Crippen molar-refractivity contribution >= 4 is 44.1 Å². The molecule has 0 saturated heterocycles. The SMILES string of the molecule is O=C(Nc1ccc(-c2nc3ccccc3[nH]2)c(F)c1)c1csc2ccccc12. The summed E-state index contributed by atoms with van der Waals surface area (Å²) in [4.78, 5) is 20.2. The van der Waals surface area contributed by atoms with E-state index in [1.54, 1.807) is 12.1 Å². The molecule has 0 aliphatic rings. The summed E-state index contributed by atoms with van der Waals surface area (Å²) in [5, 5.41) is 5.49. The summed E-state index contributed by atoms with van der Waals surface area (Å²) in [6, 6.07) is 19.9. The van der Waals surface area contributed by atoms with E-state index >= 15 is 0 Å². The normalized spacial score (nSPS) is 11.2. The molecule has 5 aromatic rings. The summed E-state index contributed by atoms with van der Waals surface area (Å²) in [5.74, 6) is -0.249. The molecule has 0 unspecified atom stereocenters. The number of hydrogen-bond donors (Lipinski definition) is 2. The topological polar surface area (TPSA) is 57.8 Å². The van der Waals surface area contributed by atoms with Crippen LogP contribution in [0.2, 0.25) is 0 Å². The van der Waals surface area contributed by atoms with Crippen LogP contribution in [0.4, 0.5) is 10.1 Å². The molecule has 0 saturated carbocycles. The first-order valence-electron chi connectivity index (χ1n) is 8.71. The van der Waals surface area contributed by atoms with E-state index in [2.05, 4.69) is 15.3 Å². The van der Waals surface area contributed by atoms with Crippen molar-refractivity contribution in [3.8, 4) is 11.4 Å². The molecule has 6 heteroatoms. The number of halogens is 1. The number of H-pyrrole nitrogens is 1. The van der Waals surface area contributed by atoms with Gasteiger partial charge < -0.3 is 10.3 Å². The van der Waals surface area contributed by atoms with Gasteiger partial charge in [0.05, 0.1) is 22.2 Å². The average molecular weight is 387 g/mol. The maximum Gasteiger partial charge on any atom is 0.257 e. The highest BCUT2D eigenvalue weighted by molar-refractivity contribution is 7.17. The number of aromatic nitrogens is 2. The van der Waals surface area contributed by atoms with Crippen molar-refractivity contribution in [2.75, 3.05) is 5.32 Å². The van der Waals surface area contributed by atoms with E-state index in [9.17, 15) is 9.18 Å². The van der Waals surface area contributed by atoms with Crippen LogP contribution in [-0.4, -0.2) is 15.9 Å². The van der Waals surface area contributed by atoms with Crippen molar-refractivity contribution in [1.29, 1.82) is 0 Å². The number of anilines is 1. The third kappa shape index (κ3) is 2.84. The fraction of sp³-hybridized carbons (Fsp3) is 0. The Hall–Kier alpha value is -3.51. The molecule has 2 N–H and O–H groups in total. The largest absolute Gasteiger partial charge is 0.338 e. The standard InChI is InChI=1S/C22H14FN3OS/c23-17-11-13(24-22(27)16-12-28-20-8-4-1-5-14(16)20)9-10-15(17)21-25-18-6-2-3-7-19(18)26-21/h1-12H,(H,24,27)(H,25,26). The molecule has 0 atom stereocenters. The number of carbonyl (C=O) groups excluding carboxylic acids is 1. The van der Waals surface area contributed by atoms with Gasteiger partial charge in [-0.25, -0.2) is 9.37 Å². The minimum Gasteiger partial charge on any atom is -0.338 e. The van der Waals surface area contributed by atoms with Gasteiger partial charge in [-0.3, -0.25) is 4.79 Å². The molecule has 28 heavy (non-hydrogen) atoms. The van der Waals surface area contributed by atoms with Gasteiger partial charge >= 0.3 is 0 Å². The third-order valence-electron chi connectivity index (χ3n) is 4.60. The zero-order chi connectivity index (χ0) is 19.1. The summed E-state index contributed by atoms with van der Waals surface area (Å²) in [6.45, 7) is 0. The van der Waals surface area contributed by atoms with Crippen LogP contribution < -0.4 is 5.32 Å². The number of thiophene rings is 1. The number of nitrogens with one attached hydrogen (secondary N) is 2. The van der Waals surface area contributed by atoms with E-state index in [1.807, 2.05) is 53.9 Å². The lowest BCUT2D eigenvalue weighted by atomic mass is 10.1. The Morgan fingerprint density at radius 2 is 1.86 bits per heavy atom. The Labute approximate surface area is 163 Å². The van der Waals surface area contributed by atoms with Crippen LogP contribution in [-0.2, 0) is 0 Å². The number of rotatable bonds is 3. The highest BCUT2D eigenvalue weighted by atomic mass is 32.1. The first-order valence-corrected chi connectivity index (χ1v) is 9.59. The quantitative estimate of drug-likeness (QED) is 0.409. The van der Waals surface area contributed by atoms with Gasteiger partial charge in [0.15, 0.2) is 0 Å². The second kappa shape index (κ2) is 6.58. The molecule has 4 nitrogen and oxygen atoms in total. The van der Waals surface area contributed by atoms with Crippen molar-refractivity contribution in [2.45, 2.75) is 0 Å². The van der Waals surface area contributed by atoms with E-state index in [1.165, 1.54) is 17.4 Å². The molecule has 0 bridgehead atoms. The number of amides is 1. The van der Waals surface area contributed by atoms with E-state index < -0.39 is 5.82 Å². The lowest BCUT2D eigenvalue weighted by Crippen LogP contribution is -2.11. The molecule has 0 radical (unpaired) electrons. The summed E-state index contributed by atoms with van der Waals surface area (Å²) in [7, 11) is 0. The van der Waals surface area contributed by atoms with Crippen molar-refractivity contribution < 1.29 is 9.18 Å². The molecular weight excluding hydrogens is 373 g/mol. The van der Waals surface area contributed by atoms with Crippen LogP contribution in [0.5, 0.6) is 0 Å². The molecular formula is C22H14FN3OS. The minimum atomic E-state index is -0.452. The van der Waals surface area contributed by atoms with Gasteiger partial charge in [-0.15, -0.1) is 11.3 Å². The lowest BCUT2D eigenvalue weighted by Gasteiger charge is -2.07. The van der Waals surface area contributed by atoms with Crippen molar-refractivity contribution in [1.82, 2.24) is 9.97 Å². The molecule has 0 spiro atoms. The summed E-state index contributed by atoms with van der Waals surface area (Å²) in [6.07, 6.45) is 0. The van der Waals surface area contributed by atoms with Crippen LogP contribution in [0.1, 0.15) is 10.4 Å². The molecule has 2 heterocycles. The maximum absolute atomic E-state index is 14.7. The zero-order valence-corrected chi connectivity index (χ0v) is 15.4. The van der Waals surface area contributed by atoms with Crippen LogP contribution in [0, 0.1) is 5.82 Å². The molecule has 0 fully saturated rings. The number of hydrogen-bond acceptors (Lipinski definition) is 3. The number of benzene rings is 3. The predicted molar refractivity (Wildman–Crippen MR) is 111 cm³/mol. The molecule has 0 aliphatic carbocycles. The smallest absolute Gasteiger partial charge is 0.257 e. The van der Waals surface area contributed by atoms with Gasteiger partial charge in [0.1, 0.15) is 11.6 Å². The van der Waals surface area contributed by atoms with Crippen LogP contribution in [0.3, 0.4) is 0 Å². The monoisotopic (exact) mass is 387 g/mol. The highest BCUT2D eigenvalue weighted by Crippen LogP contribution is 2.28. The second-order valence-electron chi connectivity index (χ2n) is 6.40. The van der Waals surface area contributed by atoms with Gasteiger partial charge in [0.25, 0.3) is 5.91 Å². The van der Waals surface area contributed by atoms with Gasteiger partial charge in [0, 0.05) is 21.2 Å². The molecule has 2 aromatic heterocycles. The minimum absolute atomic E-state index is 0.256. The Balaban J connectivity index is 1.44. The van der Waals surface area contributed by atoms with E-state index in [-0.39, 0.29) is 5.91 Å². The molecule has 136 valence electrons. The first-order chi connectivity index (χ1) is 13.7. The fourth-order valence-electron chi connectivity index (χ4n) is 3.22. The number of carbonyl (C=O) groups is 1. The molecule has 3 aromatic carbocycles. The number of imidazole rings is 1.